The van der Waals surface area contributed by atoms with Gasteiger partial charge in [0.2, 0.25) is 0 Å². The van der Waals surface area contributed by atoms with E-state index in [4.69, 9.17) is 5.73 Å². The van der Waals surface area contributed by atoms with Gasteiger partial charge < -0.3 is 15.0 Å². The summed E-state index contributed by atoms with van der Waals surface area (Å²) in [6.45, 7) is 0.691. The van der Waals surface area contributed by atoms with Gasteiger partial charge in [-0.1, -0.05) is 12.1 Å². The van der Waals surface area contributed by atoms with Crippen LogP contribution in [0.3, 0.4) is 0 Å². The molecule has 0 fully saturated rings. The predicted molar refractivity (Wildman–Crippen MR) is 84.4 cm³/mol. The molecule has 0 amide bonds. The van der Waals surface area contributed by atoms with Gasteiger partial charge in [0.05, 0.1) is 11.3 Å². The fourth-order valence-electron chi connectivity index (χ4n) is 2.47. The summed E-state index contributed by atoms with van der Waals surface area (Å²) in [5.74, 6) is 0.628. The van der Waals surface area contributed by atoms with Crippen molar-refractivity contribution in [2.45, 2.75) is 19.3 Å². The first-order chi connectivity index (χ1) is 11.4. The van der Waals surface area contributed by atoms with Gasteiger partial charge in [0.1, 0.15) is 0 Å². The summed E-state index contributed by atoms with van der Waals surface area (Å²) in [5.41, 5.74) is 7.13. The largest absolute Gasteiger partial charge is 0.416 e. The molecule has 1 aromatic carbocycles. The van der Waals surface area contributed by atoms with Crippen molar-refractivity contribution in [1.29, 1.82) is 0 Å². The molecule has 0 unspecified atom stereocenters. The summed E-state index contributed by atoms with van der Waals surface area (Å²) in [6, 6.07) is 5.10. The fourth-order valence-corrected chi connectivity index (χ4v) is 2.47. The molecule has 0 atom stereocenters. The zero-order valence-corrected chi connectivity index (χ0v) is 13.0. The molecule has 24 heavy (non-hydrogen) atoms. The molecule has 0 saturated carbocycles. The van der Waals surface area contributed by atoms with Crippen molar-refractivity contribution in [3.8, 4) is 0 Å². The van der Waals surface area contributed by atoms with Gasteiger partial charge in [-0.2, -0.15) is 13.2 Å². The first-order valence-electron chi connectivity index (χ1n) is 7.28. The molecule has 8 heteroatoms. The first kappa shape index (κ1) is 16.3. The van der Waals surface area contributed by atoms with Crippen LogP contribution in [0.4, 0.5) is 19.0 Å². The Morgan fingerprint density at radius 1 is 1.21 bits per heavy atom. The van der Waals surface area contributed by atoms with Crippen LogP contribution in [0.2, 0.25) is 0 Å². The molecule has 0 spiro atoms. The second kappa shape index (κ2) is 6.12. The third kappa shape index (κ3) is 3.18. The average molecular weight is 335 g/mol. The highest BCUT2D eigenvalue weighted by molar-refractivity contribution is 5.64. The number of nitrogens with zero attached hydrogens (tertiary/aromatic N) is 4. The van der Waals surface area contributed by atoms with Crippen molar-refractivity contribution in [1.82, 2.24) is 14.4 Å². The number of fused-ring (bicyclic) bond motifs is 1. The maximum atomic E-state index is 12.6. The highest BCUT2D eigenvalue weighted by Crippen LogP contribution is 2.29. The molecule has 3 aromatic rings. The molecule has 0 aliphatic rings. The SMILES string of the molecule is CN(Cc1ccc(C(F)(F)F)cc1)c1nc(CN)cn2ccnc12. The predicted octanol–water partition coefficient (Wildman–Crippen LogP) is 2.84. The van der Waals surface area contributed by atoms with E-state index in [2.05, 4.69) is 9.97 Å². The Balaban J connectivity index is 1.87. The van der Waals surface area contributed by atoms with E-state index in [1.165, 1.54) is 12.1 Å². The van der Waals surface area contributed by atoms with E-state index in [0.29, 0.717) is 23.7 Å². The van der Waals surface area contributed by atoms with Gasteiger partial charge >= 0.3 is 6.18 Å². The summed E-state index contributed by atoms with van der Waals surface area (Å²) in [7, 11) is 1.81. The van der Waals surface area contributed by atoms with E-state index in [9.17, 15) is 13.2 Å². The van der Waals surface area contributed by atoms with E-state index >= 15 is 0 Å². The minimum atomic E-state index is -4.33. The third-order valence-corrected chi connectivity index (χ3v) is 3.68. The van der Waals surface area contributed by atoms with E-state index in [1.54, 1.807) is 18.6 Å². The van der Waals surface area contributed by atoms with Crippen LogP contribution in [0.5, 0.6) is 0 Å². The van der Waals surface area contributed by atoms with Crippen molar-refractivity contribution in [3.63, 3.8) is 0 Å². The lowest BCUT2D eigenvalue weighted by molar-refractivity contribution is -0.137. The van der Waals surface area contributed by atoms with Gasteiger partial charge in [0.25, 0.3) is 0 Å². The van der Waals surface area contributed by atoms with Crippen LogP contribution >= 0.6 is 0 Å². The topological polar surface area (TPSA) is 59.5 Å². The van der Waals surface area contributed by atoms with Crippen molar-refractivity contribution < 1.29 is 13.2 Å². The number of imidazole rings is 1. The van der Waals surface area contributed by atoms with E-state index in [1.807, 2.05) is 16.3 Å². The molecule has 0 aliphatic heterocycles. The zero-order chi connectivity index (χ0) is 17.3. The van der Waals surface area contributed by atoms with Crippen molar-refractivity contribution in [2.75, 3.05) is 11.9 Å². The molecular weight excluding hydrogens is 319 g/mol. The van der Waals surface area contributed by atoms with Crippen LogP contribution in [0.25, 0.3) is 5.65 Å². The van der Waals surface area contributed by atoms with Crippen molar-refractivity contribution >= 4 is 11.5 Å². The lowest BCUT2D eigenvalue weighted by Crippen LogP contribution is -2.20. The Labute approximate surface area is 136 Å². The Bertz CT molecular complexity index is 839. The van der Waals surface area contributed by atoms with Crippen LogP contribution in [0.15, 0.2) is 42.9 Å². The van der Waals surface area contributed by atoms with E-state index < -0.39 is 11.7 Å². The van der Waals surface area contributed by atoms with Gasteiger partial charge in [-0.15, -0.1) is 0 Å². The molecule has 0 bridgehead atoms. The zero-order valence-electron chi connectivity index (χ0n) is 13.0. The van der Waals surface area contributed by atoms with Gasteiger partial charge in [-0.25, -0.2) is 9.97 Å². The number of benzene rings is 1. The number of alkyl halides is 3. The van der Waals surface area contributed by atoms with Crippen molar-refractivity contribution in [2.24, 2.45) is 5.73 Å². The van der Waals surface area contributed by atoms with Gasteiger partial charge in [0.15, 0.2) is 11.5 Å². The first-order valence-corrected chi connectivity index (χ1v) is 7.28. The fraction of sp³-hybridized carbons (Fsp3) is 0.250. The van der Waals surface area contributed by atoms with Crippen LogP contribution < -0.4 is 10.6 Å². The quantitative estimate of drug-likeness (QED) is 0.796. The van der Waals surface area contributed by atoms with E-state index in [0.717, 1.165) is 17.7 Å². The minimum absolute atomic E-state index is 0.287. The minimum Gasteiger partial charge on any atom is -0.352 e. The monoisotopic (exact) mass is 335 g/mol. The highest BCUT2D eigenvalue weighted by Gasteiger charge is 2.29. The molecule has 0 aliphatic carbocycles. The van der Waals surface area contributed by atoms with Crippen LogP contribution in [0, 0.1) is 0 Å². The van der Waals surface area contributed by atoms with E-state index in [-0.39, 0.29) is 6.54 Å². The smallest absolute Gasteiger partial charge is 0.352 e. The summed E-state index contributed by atoms with van der Waals surface area (Å²) >= 11 is 0. The maximum absolute atomic E-state index is 12.6. The Kier molecular flexibility index (Phi) is 4.15. The summed E-state index contributed by atoms with van der Waals surface area (Å²) in [6.07, 6.45) is 0.930. The number of aromatic nitrogens is 3. The lowest BCUT2D eigenvalue weighted by atomic mass is 10.1. The van der Waals surface area contributed by atoms with Gasteiger partial charge in [-0.05, 0) is 17.7 Å². The standard InChI is InChI=1S/C16H16F3N5/c1-23(9-11-2-4-12(5-3-11)16(17,18)19)15-14-21-6-7-24(14)10-13(8-20)22-15/h2-7,10H,8-9,20H2,1H3. The number of nitrogens with two attached hydrogens (primary N) is 1. The average Bonchev–Trinajstić information content (AvgIpc) is 3.01. The Morgan fingerprint density at radius 2 is 1.92 bits per heavy atom. The second-order valence-corrected chi connectivity index (χ2v) is 5.47. The molecule has 3 rings (SSSR count). The summed E-state index contributed by atoms with van der Waals surface area (Å²) in [4.78, 5) is 10.6. The van der Waals surface area contributed by atoms with Crippen LogP contribution in [-0.4, -0.2) is 21.4 Å². The number of rotatable bonds is 4. The number of hydrogen-bond donors (Lipinski definition) is 1. The summed E-state index contributed by atoms with van der Waals surface area (Å²) < 4.78 is 39.7. The molecule has 126 valence electrons. The molecule has 2 aromatic heterocycles. The number of anilines is 1. The Hall–Kier alpha value is -2.61. The van der Waals surface area contributed by atoms with Gasteiger partial charge in [0, 0.05) is 38.7 Å². The highest BCUT2D eigenvalue weighted by atomic mass is 19.4. The molecule has 2 heterocycles. The van der Waals surface area contributed by atoms with Crippen LogP contribution in [-0.2, 0) is 19.3 Å². The molecular formula is C16H16F3N5. The number of halogens is 3. The number of hydrogen-bond acceptors (Lipinski definition) is 4. The van der Waals surface area contributed by atoms with Crippen LogP contribution in [0.1, 0.15) is 16.8 Å². The Morgan fingerprint density at radius 3 is 2.54 bits per heavy atom. The lowest BCUT2D eigenvalue weighted by Gasteiger charge is -2.20. The van der Waals surface area contributed by atoms with Gasteiger partial charge in [-0.3, -0.25) is 0 Å². The molecule has 5 nitrogen and oxygen atoms in total. The molecule has 0 radical (unpaired) electrons. The molecule has 2 N–H and O–H groups in total. The molecule has 0 saturated heterocycles. The normalized spacial score (nSPS) is 11.9. The third-order valence-electron chi connectivity index (χ3n) is 3.68. The summed E-state index contributed by atoms with van der Waals surface area (Å²) in [5, 5.41) is 0. The van der Waals surface area contributed by atoms with Crippen molar-refractivity contribution in [3.05, 3.63) is 59.7 Å². The maximum Gasteiger partial charge on any atom is 0.416 e. The second-order valence-electron chi connectivity index (χ2n) is 5.47.